The molecule has 0 bridgehead atoms. The number of aryl methyl sites for hydroxylation is 1. The monoisotopic (exact) mass is 329 g/mol. The van der Waals surface area contributed by atoms with Gasteiger partial charge in [-0.1, -0.05) is 12.1 Å². The van der Waals surface area contributed by atoms with Gasteiger partial charge in [-0.25, -0.2) is 4.79 Å². The molecule has 0 saturated carbocycles. The number of urea groups is 1. The molecule has 0 aliphatic carbocycles. The maximum atomic E-state index is 12.0. The van der Waals surface area contributed by atoms with Gasteiger partial charge in [-0.3, -0.25) is 0 Å². The van der Waals surface area contributed by atoms with Gasteiger partial charge >= 0.3 is 6.03 Å². The van der Waals surface area contributed by atoms with Crippen molar-refractivity contribution in [1.29, 1.82) is 0 Å². The quantitative estimate of drug-likeness (QED) is 0.670. The molecule has 2 aromatic heterocycles. The van der Waals surface area contributed by atoms with Crippen LogP contribution in [0.2, 0.25) is 0 Å². The Morgan fingerprint density at radius 3 is 2.96 bits per heavy atom. The number of carbonyl (C=O) groups is 1. The average Bonchev–Trinajstić information content (AvgIpc) is 3.21. The van der Waals surface area contributed by atoms with Gasteiger partial charge in [0.1, 0.15) is 6.10 Å². The number of benzene rings is 1. The predicted octanol–water partition coefficient (Wildman–Crippen LogP) is 3.58. The Labute approximate surface area is 138 Å². The Balaban J connectivity index is 1.61. The zero-order chi connectivity index (χ0) is 16.2. The molecule has 5 nitrogen and oxygen atoms in total. The van der Waals surface area contributed by atoms with Gasteiger partial charge < -0.3 is 20.3 Å². The van der Waals surface area contributed by atoms with Crippen molar-refractivity contribution < 1.29 is 9.90 Å². The molecule has 1 atom stereocenters. The molecule has 1 aromatic carbocycles. The lowest BCUT2D eigenvalue weighted by Gasteiger charge is -2.11. The molecule has 3 N–H and O–H groups in total. The number of amides is 2. The van der Waals surface area contributed by atoms with Crippen LogP contribution < -0.4 is 10.6 Å². The summed E-state index contributed by atoms with van der Waals surface area (Å²) in [5, 5.41) is 18.5. The van der Waals surface area contributed by atoms with Gasteiger partial charge in [0.25, 0.3) is 0 Å². The summed E-state index contributed by atoms with van der Waals surface area (Å²) in [7, 11) is 0. The number of nitrogens with one attached hydrogen (secondary N) is 2. The van der Waals surface area contributed by atoms with Gasteiger partial charge in [-0.15, -0.1) is 11.3 Å². The Kier molecular flexibility index (Phi) is 4.64. The summed E-state index contributed by atoms with van der Waals surface area (Å²) >= 11 is 1.47. The van der Waals surface area contributed by atoms with E-state index in [1.807, 2.05) is 41.9 Å². The molecule has 0 aliphatic heterocycles. The number of hydrogen-bond donors (Lipinski definition) is 3. The van der Waals surface area contributed by atoms with Gasteiger partial charge in [0.05, 0.1) is 12.1 Å². The van der Waals surface area contributed by atoms with Crippen LogP contribution in [-0.2, 0) is 6.54 Å². The smallest absolute Gasteiger partial charge is 0.319 e. The first-order valence-corrected chi connectivity index (χ1v) is 8.40. The Hall–Kier alpha value is -2.31. The third-order valence-corrected chi connectivity index (χ3v) is 4.67. The molecule has 0 saturated heterocycles. The second kappa shape index (κ2) is 6.85. The minimum atomic E-state index is -0.680. The van der Waals surface area contributed by atoms with Crippen molar-refractivity contribution in [3.8, 4) is 0 Å². The molecule has 0 aliphatic rings. The van der Waals surface area contributed by atoms with Gasteiger partial charge in [0, 0.05) is 23.3 Å². The highest BCUT2D eigenvalue weighted by molar-refractivity contribution is 7.10. The lowest BCUT2D eigenvalue weighted by molar-refractivity contribution is 0.178. The highest BCUT2D eigenvalue weighted by Crippen LogP contribution is 2.21. The Bertz CT molecular complexity index is 795. The van der Waals surface area contributed by atoms with E-state index in [1.165, 1.54) is 11.3 Å². The Morgan fingerprint density at radius 2 is 2.22 bits per heavy atom. The van der Waals surface area contributed by atoms with E-state index in [4.69, 9.17) is 0 Å². The van der Waals surface area contributed by atoms with Crippen LogP contribution in [0, 0.1) is 0 Å². The molecule has 0 spiro atoms. The zero-order valence-electron chi connectivity index (χ0n) is 12.8. The molecule has 3 aromatic rings. The normalized spacial score (nSPS) is 12.3. The van der Waals surface area contributed by atoms with E-state index in [-0.39, 0.29) is 12.6 Å². The minimum absolute atomic E-state index is 0.180. The standard InChI is InChI=1S/C17H19N3O2S/c1-2-20-8-7-12-5-6-13(10-14(12)20)19-17(22)18-11-15(21)16-4-3-9-23-16/h3-10,15,21H,2,11H2,1H3,(H2,18,19,22). The number of anilines is 1. The number of aliphatic hydroxyl groups is 1. The lowest BCUT2D eigenvalue weighted by atomic mass is 10.2. The number of carbonyl (C=O) groups excluding carboxylic acids is 1. The van der Waals surface area contributed by atoms with Gasteiger partial charge in [0.2, 0.25) is 0 Å². The highest BCUT2D eigenvalue weighted by Gasteiger charge is 2.10. The first-order valence-electron chi connectivity index (χ1n) is 7.52. The van der Waals surface area contributed by atoms with Crippen molar-refractivity contribution in [2.75, 3.05) is 11.9 Å². The molecular weight excluding hydrogens is 310 g/mol. The summed E-state index contributed by atoms with van der Waals surface area (Å²) in [4.78, 5) is 12.8. The van der Waals surface area contributed by atoms with E-state index in [9.17, 15) is 9.90 Å². The molecular formula is C17H19N3O2S. The number of hydrogen-bond acceptors (Lipinski definition) is 3. The van der Waals surface area contributed by atoms with Crippen LogP contribution in [0.25, 0.3) is 10.9 Å². The third kappa shape index (κ3) is 3.55. The summed E-state index contributed by atoms with van der Waals surface area (Å²) in [6.45, 7) is 3.14. The zero-order valence-corrected chi connectivity index (χ0v) is 13.6. The maximum Gasteiger partial charge on any atom is 0.319 e. The number of fused-ring (bicyclic) bond motifs is 1. The summed E-state index contributed by atoms with van der Waals surface area (Å²) in [5.41, 5.74) is 1.82. The SMILES string of the molecule is CCn1ccc2ccc(NC(=O)NCC(O)c3cccs3)cc21. The maximum absolute atomic E-state index is 12.0. The van der Waals surface area contributed by atoms with Crippen LogP contribution in [0.15, 0.2) is 48.0 Å². The first-order chi connectivity index (χ1) is 11.2. The average molecular weight is 329 g/mol. The fourth-order valence-corrected chi connectivity index (χ4v) is 3.20. The van der Waals surface area contributed by atoms with E-state index >= 15 is 0 Å². The van der Waals surface area contributed by atoms with Gasteiger partial charge in [0.15, 0.2) is 0 Å². The molecule has 2 heterocycles. The van der Waals surface area contributed by atoms with Crippen LogP contribution in [-0.4, -0.2) is 22.2 Å². The van der Waals surface area contributed by atoms with Crippen molar-refractivity contribution in [3.63, 3.8) is 0 Å². The first kappa shape index (κ1) is 15.6. The number of rotatable bonds is 5. The predicted molar refractivity (Wildman–Crippen MR) is 93.9 cm³/mol. The fourth-order valence-electron chi connectivity index (χ4n) is 2.48. The van der Waals surface area contributed by atoms with Gasteiger partial charge in [-0.2, -0.15) is 0 Å². The Morgan fingerprint density at radius 1 is 1.35 bits per heavy atom. The molecule has 3 rings (SSSR count). The van der Waals surface area contributed by atoms with E-state index in [0.717, 1.165) is 28.0 Å². The molecule has 1 unspecified atom stereocenters. The topological polar surface area (TPSA) is 66.3 Å². The van der Waals surface area contributed by atoms with E-state index in [1.54, 1.807) is 0 Å². The van der Waals surface area contributed by atoms with Crippen LogP contribution in [0.3, 0.4) is 0 Å². The summed E-state index contributed by atoms with van der Waals surface area (Å²) in [6, 6.07) is 11.3. The van der Waals surface area contributed by atoms with Crippen molar-refractivity contribution in [3.05, 3.63) is 52.9 Å². The van der Waals surface area contributed by atoms with Crippen molar-refractivity contribution in [1.82, 2.24) is 9.88 Å². The summed E-state index contributed by atoms with van der Waals surface area (Å²) in [6.07, 6.45) is 1.35. The molecule has 2 amide bonds. The number of nitrogens with zero attached hydrogens (tertiary/aromatic N) is 1. The van der Waals surface area contributed by atoms with E-state index in [0.29, 0.717) is 0 Å². The molecule has 120 valence electrons. The van der Waals surface area contributed by atoms with Crippen molar-refractivity contribution >= 4 is 34.0 Å². The minimum Gasteiger partial charge on any atom is -0.386 e. The van der Waals surface area contributed by atoms with Crippen molar-refractivity contribution in [2.24, 2.45) is 0 Å². The lowest BCUT2D eigenvalue weighted by Crippen LogP contribution is -2.32. The van der Waals surface area contributed by atoms with Gasteiger partial charge in [-0.05, 0) is 42.0 Å². The highest BCUT2D eigenvalue weighted by atomic mass is 32.1. The largest absolute Gasteiger partial charge is 0.386 e. The molecule has 0 radical (unpaired) electrons. The number of aliphatic hydroxyl groups excluding tert-OH is 1. The van der Waals surface area contributed by atoms with Crippen LogP contribution in [0.1, 0.15) is 17.9 Å². The molecule has 6 heteroatoms. The summed E-state index contributed by atoms with van der Waals surface area (Å²) in [5.74, 6) is 0. The molecule has 23 heavy (non-hydrogen) atoms. The van der Waals surface area contributed by atoms with E-state index in [2.05, 4.69) is 28.2 Å². The summed E-state index contributed by atoms with van der Waals surface area (Å²) < 4.78 is 2.12. The second-order valence-electron chi connectivity index (χ2n) is 5.24. The van der Waals surface area contributed by atoms with Crippen LogP contribution >= 0.6 is 11.3 Å². The number of aromatic nitrogens is 1. The van der Waals surface area contributed by atoms with E-state index < -0.39 is 6.10 Å². The van der Waals surface area contributed by atoms with Crippen molar-refractivity contribution in [2.45, 2.75) is 19.6 Å². The molecule has 0 fully saturated rings. The second-order valence-corrected chi connectivity index (χ2v) is 6.22. The fraction of sp³-hybridized carbons (Fsp3) is 0.235. The third-order valence-electron chi connectivity index (χ3n) is 3.70. The van der Waals surface area contributed by atoms with Crippen LogP contribution in [0.5, 0.6) is 0 Å². The number of thiophene rings is 1. The van der Waals surface area contributed by atoms with Crippen LogP contribution in [0.4, 0.5) is 10.5 Å².